The first-order valence-electron chi connectivity index (χ1n) is 5.97. The molecule has 1 aromatic rings. The summed E-state index contributed by atoms with van der Waals surface area (Å²) in [7, 11) is 1.83. The van der Waals surface area contributed by atoms with Crippen molar-refractivity contribution in [3.05, 3.63) is 12.1 Å². The topological polar surface area (TPSA) is 64.8 Å². The number of nitrogens with one attached hydrogen (secondary N) is 1. The van der Waals surface area contributed by atoms with Gasteiger partial charge in [0.05, 0.1) is 6.07 Å². The van der Waals surface area contributed by atoms with Crippen LogP contribution in [0, 0.1) is 17.2 Å². The van der Waals surface area contributed by atoms with Gasteiger partial charge in [0.15, 0.2) is 5.82 Å². The summed E-state index contributed by atoms with van der Waals surface area (Å²) in [4.78, 5) is 2.24. The van der Waals surface area contributed by atoms with Gasteiger partial charge in [-0.3, -0.25) is 0 Å². The SMILES string of the molecule is CNc1ccc(N2CCC(CC#N)CC2)nn1. The summed E-state index contributed by atoms with van der Waals surface area (Å²) >= 11 is 0. The molecular formula is C12H17N5. The zero-order chi connectivity index (χ0) is 12.1. The summed E-state index contributed by atoms with van der Waals surface area (Å²) < 4.78 is 0. The average Bonchev–Trinajstić information content (AvgIpc) is 2.40. The number of nitriles is 1. The van der Waals surface area contributed by atoms with Crippen molar-refractivity contribution < 1.29 is 0 Å². The Morgan fingerprint density at radius 3 is 2.71 bits per heavy atom. The molecule has 1 fully saturated rings. The third-order valence-electron chi connectivity index (χ3n) is 3.23. The molecule has 1 aliphatic rings. The predicted molar refractivity (Wildman–Crippen MR) is 66.7 cm³/mol. The maximum atomic E-state index is 8.67. The Bertz CT molecular complexity index is 386. The number of hydrogen-bond acceptors (Lipinski definition) is 5. The molecule has 90 valence electrons. The van der Waals surface area contributed by atoms with Crippen molar-refractivity contribution >= 4 is 11.6 Å². The van der Waals surface area contributed by atoms with Crippen LogP contribution >= 0.6 is 0 Å². The van der Waals surface area contributed by atoms with Crippen molar-refractivity contribution in [1.82, 2.24) is 10.2 Å². The van der Waals surface area contributed by atoms with E-state index in [9.17, 15) is 0 Å². The molecule has 17 heavy (non-hydrogen) atoms. The van der Waals surface area contributed by atoms with Crippen LogP contribution in [0.15, 0.2) is 12.1 Å². The quantitative estimate of drug-likeness (QED) is 0.856. The Balaban J connectivity index is 1.93. The van der Waals surface area contributed by atoms with Gasteiger partial charge in [0.25, 0.3) is 0 Å². The highest BCUT2D eigenvalue weighted by Gasteiger charge is 2.19. The summed E-state index contributed by atoms with van der Waals surface area (Å²) in [6.07, 6.45) is 2.82. The van der Waals surface area contributed by atoms with E-state index in [1.807, 2.05) is 19.2 Å². The molecule has 1 aromatic heterocycles. The highest BCUT2D eigenvalue weighted by Crippen LogP contribution is 2.23. The van der Waals surface area contributed by atoms with Crippen molar-refractivity contribution in [2.75, 3.05) is 30.4 Å². The molecule has 0 unspecified atom stereocenters. The Labute approximate surface area is 101 Å². The minimum atomic E-state index is 0.556. The highest BCUT2D eigenvalue weighted by molar-refractivity contribution is 5.43. The first-order chi connectivity index (χ1) is 8.33. The number of hydrogen-bond donors (Lipinski definition) is 1. The summed E-state index contributed by atoms with van der Waals surface area (Å²) in [5.41, 5.74) is 0. The Morgan fingerprint density at radius 2 is 2.18 bits per heavy atom. The third kappa shape index (κ3) is 2.84. The minimum Gasteiger partial charge on any atom is -0.372 e. The number of anilines is 2. The van der Waals surface area contributed by atoms with Crippen LogP contribution in [0.5, 0.6) is 0 Å². The lowest BCUT2D eigenvalue weighted by molar-refractivity contribution is 0.410. The normalized spacial score (nSPS) is 16.6. The summed E-state index contributed by atoms with van der Waals surface area (Å²) in [5.74, 6) is 2.27. The molecule has 0 radical (unpaired) electrons. The van der Waals surface area contributed by atoms with Gasteiger partial charge in [-0.15, -0.1) is 10.2 Å². The number of aromatic nitrogens is 2. The zero-order valence-corrected chi connectivity index (χ0v) is 10.1. The van der Waals surface area contributed by atoms with E-state index in [1.165, 1.54) is 0 Å². The molecule has 0 aliphatic carbocycles. The molecule has 0 spiro atoms. The van der Waals surface area contributed by atoms with E-state index in [4.69, 9.17) is 5.26 Å². The zero-order valence-electron chi connectivity index (χ0n) is 10.1. The van der Waals surface area contributed by atoms with E-state index >= 15 is 0 Å². The van der Waals surface area contributed by atoms with Gasteiger partial charge in [0.1, 0.15) is 5.82 Å². The molecule has 1 saturated heterocycles. The Hall–Kier alpha value is -1.83. The standard InChI is InChI=1S/C12H17N5/c1-14-11-2-3-12(16-15-11)17-8-5-10(4-7-13)6-9-17/h2-3,10H,4-6,8-9H2,1H3,(H,14,15). The van der Waals surface area contributed by atoms with Gasteiger partial charge in [0, 0.05) is 26.6 Å². The molecule has 2 rings (SSSR count). The van der Waals surface area contributed by atoms with Crippen molar-refractivity contribution in [1.29, 1.82) is 5.26 Å². The maximum Gasteiger partial charge on any atom is 0.151 e. The van der Waals surface area contributed by atoms with Gasteiger partial charge in [-0.25, -0.2) is 0 Å². The highest BCUT2D eigenvalue weighted by atomic mass is 15.3. The van der Waals surface area contributed by atoms with Gasteiger partial charge in [-0.05, 0) is 30.9 Å². The molecule has 0 aromatic carbocycles. The van der Waals surface area contributed by atoms with E-state index in [0.29, 0.717) is 12.3 Å². The Morgan fingerprint density at radius 1 is 1.41 bits per heavy atom. The minimum absolute atomic E-state index is 0.556. The van der Waals surface area contributed by atoms with Crippen LogP contribution in [0.3, 0.4) is 0 Å². The molecule has 0 amide bonds. The van der Waals surface area contributed by atoms with Crippen LogP contribution in [0.25, 0.3) is 0 Å². The van der Waals surface area contributed by atoms with Crippen molar-refractivity contribution in [3.8, 4) is 6.07 Å². The number of rotatable bonds is 3. The number of piperidine rings is 1. The van der Waals surface area contributed by atoms with E-state index < -0.39 is 0 Å². The van der Waals surface area contributed by atoms with E-state index in [1.54, 1.807) is 0 Å². The molecule has 5 nitrogen and oxygen atoms in total. The van der Waals surface area contributed by atoms with Crippen LogP contribution in [-0.4, -0.2) is 30.3 Å². The lowest BCUT2D eigenvalue weighted by Gasteiger charge is -2.31. The fourth-order valence-electron chi connectivity index (χ4n) is 2.12. The molecule has 0 saturated carbocycles. The van der Waals surface area contributed by atoms with Gasteiger partial charge in [-0.2, -0.15) is 5.26 Å². The Kier molecular flexibility index (Phi) is 3.76. The van der Waals surface area contributed by atoms with Crippen LogP contribution < -0.4 is 10.2 Å². The maximum absolute atomic E-state index is 8.67. The molecule has 5 heteroatoms. The van der Waals surface area contributed by atoms with Crippen LogP contribution in [0.1, 0.15) is 19.3 Å². The van der Waals surface area contributed by atoms with Crippen molar-refractivity contribution in [2.24, 2.45) is 5.92 Å². The van der Waals surface area contributed by atoms with E-state index in [-0.39, 0.29) is 0 Å². The van der Waals surface area contributed by atoms with Crippen molar-refractivity contribution in [2.45, 2.75) is 19.3 Å². The molecular weight excluding hydrogens is 214 g/mol. The fraction of sp³-hybridized carbons (Fsp3) is 0.583. The van der Waals surface area contributed by atoms with Gasteiger partial charge < -0.3 is 10.2 Å². The average molecular weight is 231 g/mol. The lowest BCUT2D eigenvalue weighted by Crippen LogP contribution is -2.34. The monoisotopic (exact) mass is 231 g/mol. The summed E-state index contributed by atoms with van der Waals surface area (Å²) in [5, 5.41) is 19.9. The first-order valence-corrected chi connectivity index (χ1v) is 5.97. The first kappa shape index (κ1) is 11.6. The van der Waals surface area contributed by atoms with Crippen molar-refractivity contribution in [3.63, 3.8) is 0 Å². The molecule has 0 bridgehead atoms. The molecule has 2 heterocycles. The summed E-state index contributed by atoms with van der Waals surface area (Å²) in [6, 6.07) is 6.18. The van der Waals surface area contributed by atoms with E-state index in [0.717, 1.165) is 37.6 Å². The second kappa shape index (κ2) is 5.48. The second-order valence-electron chi connectivity index (χ2n) is 4.32. The predicted octanol–water partition coefficient (Wildman–Crippen LogP) is 1.65. The third-order valence-corrected chi connectivity index (χ3v) is 3.23. The number of nitrogens with zero attached hydrogens (tertiary/aromatic N) is 4. The smallest absolute Gasteiger partial charge is 0.151 e. The lowest BCUT2D eigenvalue weighted by atomic mass is 9.94. The molecule has 1 N–H and O–H groups in total. The van der Waals surface area contributed by atoms with Crippen LogP contribution in [0.2, 0.25) is 0 Å². The summed E-state index contributed by atoms with van der Waals surface area (Å²) in [6.45, 7) is 1.94. The molecule has 0 atom stereocenters. The molecule has 1 aliphatic heterocycles. The van der Waals surface area contributed by atoms with Gasteiger partial charge in [0.2, 0.25) is 0 Å². The fourth-order valence-corrected chi connectivity index (χ4v) is 2.12. The van der Waals surface area contributed by atoms with Gasteiger partial charge >= 0.3 is 0 Å². The van der Waals surface area contributed by atoms with Gasteiger partial charge in [-0.1, -0.05) is 0 Å². The second-order valence-corrected chi connectivity index (χ2v) is 4.32. The van der Waals surface area contributed by atoms with Crippen LogP contribution in [0.4, 0.5) is 11.6 Å². The van der Waals surface area contributed by atoms with E-state index in [2.05, 4.69) is 26.5 Å². The largest absolute Gasteiger partial charge is 0.372 e. The van der Waals surface area contributed by atoms with Crippen LogP contribution in [-0.2, 0) is 0 Å².